The van der Waals surface area contributed by atoms with Crippen molar-refractivity contribution < 1.29 is 0 Å². The highest BCUT2D eigenvalue weighted by Gasteiger charge is 2.29. The lowest BCUT2D eigenvalue weighted by atomic mass is 9.63. The van der Waals surface area contributed by atoms with Gasteiger partial charge >= 0.3 is 0 Å². The smallest absolute Gasteiger partial charge is 0.115 e. The van der Waals surface area contributed by atoms with E-state index >= 15 is 0 Å². The van der Waals surface area contributed by atoms with Crippen LogP contribution in [-0.4, -0.2) is 119 Å². The number of nitrogens with zero attached hydrogens (tertiary/aromatic N) is 2. The summed E-state index contributed by atoms with van der Waals surface area (Å²) in [5.41, 5.74) is 8.93. The lowest BCUT2D eigenvalue weighted by Gasteiger charge is -2.28. The van der Waals surface area contributed by atoms with Crippen LogP contribution in [0, 0.1) is 0 Å². The largest absolute Gasteiger partial charge is 0.311 e. The molecule has 2 nitrogen and oxygen atoms in total. The van der Waals surface area contributed by atoms with E-state index in [0.29, 0.717) is 98.9 Å². The summed E-state index contributed by atoms with van der Waals surface area (Å²) in [7, 11) is 94.7. The molecule has 0 N–H and O–H groups in total. The average Bonchev–Trinajstić information content (AvgIpc) is 3.74. The van der Waals surface area contributed by atoms with Crippen LogP contribution in [0.2, 0.25) is 0 Å². The zero-order valence-electron chi connectivity index (χ0n) is 34.6. The van der Waals surface area contributed by atoms with Crippen molar-refractivity contribution in [1.82, 2.24) is 9.13 Å². The number of benzene rings is 6. The van der Waals surface area contributed by atoms with Crippen LogP contribution in [0.15, 0.2) is 48.5 Å². The summed E-state index contributed by atoms with van der Waals surface area (Å²) in [5.74, 6) is 0. The number of fused-ring (bicyclic) bond motifs is 6. The molecule has 0 aliphatic carbocycles. The molecule has 2 aromatic heterocycles. The first kappa shape index (κ1) is 42.5. The van der Waals surface area contributed by atoms with Gasteiger partial charge < -0.3 is 9.13 Å². The first-order chi connectivity index (χ1) is 27.9. The molecule has 0 bridgehead atoms. The third-order valence-electron chi connectivity index (χ3n) is 11.9. The third-order valence-corrected chi connectivity index (χ3v) is 11.9. The fourth-order valence-electron chi connectivity index (χ4n) is 9.16. The van der Waals surface area contributed by atoms with Gasteiger partial charge in [-0.05, 0) is 67.8 Å². The Kier molecular flexibility index (Phi) is 10.1. The topological polar surface area (TPSA) is 9.86 Å². The highest BCUT2D eigenvalue weighted by molar-refractivity contribution is 6.70. The van der Waals surface area contributed by atoms with Crippen molar-refractivity contribution in [1.29, 1.82) is 0 Å². The Balaban J connectivity index is 1.44. The maximum absolute atomic E-state index is 7.02. The molecule has 0 aliphatic rings. The van der Waals surface area contributed by atoms with Crippen molar-refractivity contribution in [2.75, 3.05) is 0 Å². The minimum absolute atomic E-state index is 0.137. The van der Waals surface area contributed by atoms with Gasteiger partial charge in [-0.3, -0.25) is 0 Å². The second kappa shape index (κ2) is 14.2. The molecular formula is C44H26B14N2. The summed E-state index contributed by atoms with van der Waals surface area (Å²) in [5, 5.41) is 2.17. The SMILES string of the molecule is [B]c1c([B])c([B])c2c(c1[B])c1c([B])c(C(C)(C)C)c([B])c([B])c1n2-c1cccc(-c2cccc(-n3c4c([B])c([B])c([B])c([B])c4c4c([B])c(C(C)(C)C)c([B])c([B])c43)c2)c1. The van der Waals surface area contributed by atoms with Gasteiger partial charge in [0.2, 0.25) is 0 Å². The Bertz CT molecular complexity index is 3000. The van der Waals surface area contributed by atoms with Crippen LogP contribution in [0.4, 0.5) is 0 Å². The Labute approximate surface area is 371 Å². The van der Waals surface area contributed by atoms with Gasteiger partial charge in [-0.2, -0.15) is 0 Å². The predicted octanol–water partition coefficient (Wildman–Crippen LogP) is -4.74. The molecular weight excluding hydrogens is 708 g/mol. The molecule has 0 saturated carbocycles. The fourth-order valence-corrected chi connectivity index (χ4v) is 9.16. The van der Waals surface area contributed by atoms with Crippen LogP contribution < -0.4 is 76.5 Å². The molecule has 28 radical (unpaired) electrons. The predicted molar refractivity (Wildman–Crippen MR) is 273 cm³/mol. The van der Waals surface area contributed by atoms with Gasteiger partial charge in [0.25, 0.3) is 0 Å². The number of aromatic nitrogens is 2. The third kappa shape index (κ3) is 5.88. The molecule has 8 aromatic rings. The molecule has 0 fully saturated rings. The molecule has 16 heteroatoms. The van der Waals surface area contributed by atoms with E-state index < -0.39 is 10.8 Å². The second-order valence-corrected chi connectivity index (χ2v) is 17.7. The van der Waals surface area contributed by atoms with Crippen LogP contribution in [0.25, 0.3) is 66.1 Å². The normalized spacial score (nSPS) is 12.4. The number of hydrogen-bond donors (Lipinski definition) is 0. The molecule has 0 saturated heterocycles. The maximum Gasteiger partial charge on any atom is 0.115 e. The molecule has 254 valence electrons. The van der Waals surface area contributed by atoms with Crippen molar-refractivity contribution in [3.8, 4) is 22.5 Å². The van der Waals surface area contributed by atoms with Gasteiger partial charge in [0.1, 0.15) is 110 Å². The van der Waals surface area contributed by atoms with Gasteiger partial charge in [-0.25, -0.2) is 0 Å². The Morgan fingerprint density at radius 3 is 0.883 bits per heavy atom. The highest BCUT2D eigenvalue weighted by Crippen LogP contribution is 2.34. The summed E-state index contributed by atoms with van der Waals surface area (Å²) < 4.78 is 3.77. The molecule has 2 heterocycles. The van der Waals surface area contributed by atoms with E-state index in [1.54, 1.807) is 0 Å². The van der Waals surface area contributed by atoms with Gasteiger partial charge in [0.15, 0.2) is 0 Å². The number of hydrogen-bond acceptors (Lipinski definition) is 0. The van der Waals surface area contributed by atoms with Gasteiger partial charge in [-0.15, -0.1) is 21.9 Å². The minimum atomic E-state index is -0.475. The van der Waals surface area contributed by atoms with Crippen molar-refractivity contribution >= 4 is 230 Å². The molecule has 8 rings (SSSR count). The van der Waals surface area contributed by atoms with Crippen molar-refractivity contribution in [3.63, 3.8) is 0 Å². The van der Waals surface area contributed by atoms with E-state index in [1.807, 2.05) is 99.2 Å². The molecule has 0 unspecified atom stereocenters. The zero-order valence-corrected chi connectivity index (χ0v) is 34.6. The molecule has 6 aromatic carbocycles. The molecule has 0 atom stereocenters. The molecule has 60 heavy (non-hydrogen) atoms. The van der Waals surface area contributed by atoms with E-state index in [1.165, 1.54) is 0 Å². The second-order valence-electron chi connectivity index (χ2n) is 17.7. The van der Waals surface area contributed by atoms with Crippen LogP contribution in [0.3, 0.4) is 0 Å². The Hall–Kier alpha value is -4.17. The lowest BCUT2D eigenvalue weighted by molar-refractivity contribution is 0.598. The van der Waals surface area contributed by atoms with Crippen molar-refractivity contribution in [3.05, 3.63) is 59.7 Å². The van der Waals surface area contributed by atoms with Gasteiger partial charge in [0, 0.05) is 33.4 Å². The van der Waals surface area contributed by atoms with Crippen LogP contribution in [0.1, 0.15) is 52.7 Å². The van der Waals surface area contributed by atoms with E-state index in [0.717, 1.165) is 11.1 Å². The van der Waals surface area contributed by atoms with Crippen molar-refractivity contribution in [2.45, 2.75) is 52.4 Å². The van der Waals surface area contributed by atoms with Gasteiger partial charge in [-0.1, -0.05) is 132 Å². The first-order valence-electron chi connectivity index (χ1n) is 19.3. The van der Waals surface area contributed by atoms with E-state index in [9.17, 15) is 0 Å². The van der Waals surface area contributed by atoms with E-state index in [4.69, 9.17) is 110 Å². The Morgan fingerprint density at radius 2 is 0.583 bits per heavy atom. The van der Waals surface area contributed by atoms with Crippen LogP contribution >= 0.6 is 0 Å². The molecule has 0 amide bonds. The minimum Gasteiger partial charge on any atom is -0.311 e. The Morgan fingerprint density at radius 1 is 0.317 bits per heavy atom. The fraction of sp³-hybridized carbons (Fsp3) is 0.182. The van der Waals surface area contributed by atoms with E-state index in [-0.39, 0.29) is 43.7 Å². The standard InChI is InChI=1S/C44H26B14N2/c1-43(2,3)23-25(45)19-21-27(47)31(51)33(53)37(57)41(21)59(39(19)35(55)29(23)49)17-11-7-9-15(13-17)16-10-8-12-18(14-16)60-40-20(22-28(48)32(52)34(54)38(58)42(22)60)26(46)24(44(4,5)6)30(50)36(40)56/h7-14H,1-6H3. The summed E-state index contributed by atoms with van der Waals surface area (Å²) in [6, 6.07) is 15.6. The number of rotatable bonds is 3. The molecule has 0 aliphatic heterocycles. The first-order valence-corrected chi connectivity index (χ1v) is 19.3. The highest BCUT2D eigenvalue weighted by atomic mass is 15.0. The average molecular weight is 734 g/mol. The quantitative estimate of drug-likeness (QED) is 0.162. The summed E-state index contributed by atoms with van der Waals surface area (Å²) in [6.45, 7) is 12.1. The van der Waals surface area contributed by atoms with Crippen LogP contribution in [-0.2, 0) is 10.8 Å². The zero-order chi connectivity index (χ0) is 44.0. The molecule has 0 spiro atoms. The lowest BCUT2D eigenvalue weighted by Crippen LogP contribution is -2.48. The summed E-state index contributed by atoms with van der Waals surface area (Å²) in [6.07, 6.45) is 0. The van der Waals surface area contributed by atoms with Gasteiger partial charge in [0.05, 0.1) is 0 Å². The van der Waals surface area contributed by atoms with E-state index in [2.05, 4.69) is 0 Å². The summed E-state index contributed by atoms with van der Waals surface area (Å²) >= 11 is 0. The monoisotopic (exact) mass is 736 g/mol. The van der Waals surface area contributed by atoms with Crippen LogP contribution in [0.5, 0.6) is 0 Å². The summed E-state index contributed by atoms with van der Waals surface area (Å²) in [4.78, 5) is 0. The maximum atomic E-state index is 7.02. The van der Waals surface area contributed by atoms with Crippen molar-refractivity contribution in [2.24, 2.45) is 0 Å².